The molecule has 5 rings (SSSR count). The Morgan fingerprint density at radius 2 is 1.87 bits per heavy atom. The summed E-state index contributed by atoms with van der Waals surface area (Å²) in [5, 5.41) is 12.5. The summed E-state index contributed by atoms with van der Waals surface area (Å²) in [7, 11) is 0. The zero-order valence-electron chi connectivity index (χ0n) is 17.4. The van der Waals surface area contributed by atoms with Gasteiger partial charge in [0.1, 0.15) is 0 Å². The Morgan fingerprint density at radius 3 is 2.58 bits per heavy atom. The Bertz CT molecular complexity index is 1030. The topological polar surface area (TPSA) is 75.9 Å². The second kappa shape index (κ2) is 9.09. The van der Waals surface area contributed by atoms with E-state index < -0.39 is 0 Å². The van der Waals surface area contributed by atoms with Gasteiger partial charge in [0.05, 0.1) is 5.75 Å². The number of hydrogen-bond acceptors (Lipinski definition) is 6. The van der Waals surface area contributed by atoms with Crippen molar-refractivity contribution in [1.29, 1.82) is 0 Å². The summed E-state index contributed by atoms with van der Waals surface area (Å²) in [5.74, 6) is 1.09. The highest BCUT2D eigenvalue weighted by molar-refractivity contribution is 7.99. The molecule has 0 atom stereocenters. The molecular formula is C23H26N6OS. The minimum absolute atomic E-state index is 0.0380. The third-order valence-corrected chi connectivity index (χ3v) is 6.64. The van der Waals surface area contributed by atoms with E-state index in [1.165, 1.54) is 36.7 Å². The molecular weight excluding hydrogens is 408 g/mol. The van der Waals surface area contributed by atoms with Gasteiger partial charge in [0, 0.05) is 48.5 Å². The lowest BCUT2D eigenvalue weighted by Gasteiger charge is -2.28. The molecule has 2 aliphatic rings. The summed E-state index contributed by atoms with van der Waals surface area (Å²) in [5.41, 5.74) is 3.01. The molecule has 160 valence electrons. The molecule has 3 aromatic rings. The standard InChI is InChI=1S/C23H26N6OS/c30-21(25-18-6-8-19(9-7-18)28-13-2-1-3-14-28)16-31-23-27-26-22(29(23)20-10-11-20)17-5-4-12-24-15-17/h4-9,12,15,20H,1-3,10-11,13-14,16H2,(H,25,30). The molecule has 1 aliphatic carbocycles. The number of anilines is 2. The Morgan fingerprint density at radius 1 is 1.06 bits per heavy atom. The van der Waals surface area contributed by atoms with Crippen LogP contribution in [-0.2, 0) is 4.79 Å². The molecule has 0 radical (unpaired) electrons. The molecule has 1 aromatic carbocycles. The van der Waals surface area contributed by atoms with Gasteiger partial charge in [-0.2, -0.15) is 0 Å². The molecule has 2 fully saturated rings. The molecule has 31 heavy (non-hydrogen) atoms. The van der Waals surface area contributed by atoms with E-state index >= 15 is 0 Å². The van der Waals surface area contributed by atoms with Crippen LogP contribution < -0.4 is 10.2 Å². The Balaban J connectivity index is 1.21. The fourth-order valence-electron chi connectivity index (χ4n) is 3.96. The first-order valence-electron chi connectivity index (χ1n) is 10.9. The Labute approximate surface area is 186 Å². The molecule has 0 bridgehead atoms. The van der Waals surface area contributed by atoms with Crippen molar-refractivity contribution in [2.24, 2.45) is 0 Å². The molecule has 1 saturated carbocycles. The molecule has 1 amide bonds. The van der Waals surface area contributed by atoms with Crippen molar-refractivity contribution in [3.63, 3.8) is 0 Å². The summed E-state index contributed by atoms with van der Waals surface area (Å²) in [6, 6.07) is 12.5. The van der Waals surface area contributed by atoms with Crippen molar-refractivity contribution in [3.8, 4) is 11.4 Å². The summed E-state index contributed by atoms with van der Waals surface area (Å²) in [6.07, 6.45) is 9.62. The minimum atomic E-state index is -0.0380. The smallest absolute Gasteiger partial charge is 0.234 e. The number of rotatable bonds is 7. The fraction of sp³-hybridized carbons (Fsp3) is 0.391. The molecule has 0 unspecified atom stereocenters. The predicted molar refractivity (Wildman–Crippen MR) is 123 cm³/mol. The third-order valence-electron chi connectivity index (χ3n) is 5.70. The summed E-state index contributed by atoms with van der Waals surface area (Å²) < 4.78 is 2.16. The highest BCUT2D eigenvalue weighted by Crippen LogP contribution is 2.40. The van der Waals surface area contributed by atoms with Gasteiger partial charge in [0.25, 0.3) is 0 Å². The number of pyridine rings is 1. The van der Waals surface area contributed by atoms with Crippen LogP contribution in [0, 0.1) is 0 Å². The SMILES string of the molecule is O=C(CSc1nnc(-c2cccnc2)n1C1CC1)Nc1ccc(N2CCCCC2)cc1. The molecule has 7 nitrogen and oxygen atoms in total. The number of hydrogen-bond donors (Lipinski definition) is 1. The molecule has 3 heterocycles. The first-order chi connectivity index (χ1) is 15.3. The van der Waals surface area contributed by atoms with Crippen LogP contribution in [0.5, 0.6) is 0 Å². The molecule has 8 heteroatoms. The second-order valence-electron chi connectivity index (χ2n) is 8.08. The normalized spacial score (nSPS) is 16.3. The van der Waals surface area contributed by atoms with Gasteiger partial charge in [-0.05, 0) is 68.5 Å². The number of carbonyl (C=O) groups is 1. The van der Waals surface area contributed by atoms with E-state index in [9.17, 15) is 4.79 Å². The average molecular weight is 435 g/mol. The lowest BCUT2D eigenvalue weighted by molar-refractivity contribution is -0.113. The van der Waals surface area contributed by atoms with Gasteiger partial charge in [0.2, 0.25) is 5.91 Å². The van der Waals surface area contributed by atoms with Crippen LogP contribution in [0.3, 0.4) is 0 Å². The number of nitrogens with zero attached hydrogens (tertiary/aromatic N) is 5. The van der Waals surface area contributed by atoms with Crippen molar-refractivity contribution >= 4 is 29.0 Å². The van der Waals surface area contributed by atoms with Crippen LogP contribution in [0.1, 0.15) is 38.1 Å². The molecule has 1 N–H and O–H groups in total. The maximum atomic E-state index is 12.5. The van der Waals surface area contributed by atoms with Crippen LogP contribution in [0.2, 0.25) is 0 Å². The number of carbonyl (C=O) groups excluding carboxylic acids is 1. The number of aromatic nitrogens is 4. The van der Waals surface area contributed by atoms with Crippen LogP contribution in [-0.4, -0.2) is 44.5 Å². The number of benzene rings is 1. The van der Waals surface area contributed by atoms with Crippen LogP contribution in [0.25, 0.3) is 11.4 Å². The van der Waals surface area contributed by atoms with Crippen molar-refractivity contribution in [3.05, 3.63) is 48.8 Å². The highest BCUT2D eigenvalue weighted by Gasteiger charge is 2.30. The van der Waals surface area contributed by atoms with Crippen molar-refractivity contribution in [1.82, 2.24) is 19.7 Å². The van der Waals surface area contributed by atoms with Gasteiger partial charge in [-0.3, -0.25) is 14.3 Å². The van der Waals surface area contributed by atoms with Crippen molar-refractivity contribution in [2.75, 3.05) is 29.1 Å². The maximum Gasteiger partial charge on any atom is 0.234 e. The van der Waals surface area contributed by atoms with Gasteiger partial charge >= 0.3 is 0 Å². The summed E-state index contributed by atoms with van der Waals surface area (Å²) in [4.78, 5) is 19.1. The van der Waals surface area contributed by atoms with Gasteiger partial charge in [-0.25, -0.2) is 0 Å². The average Bonchev–Trinajstić information content (AvgIpc) is 3.58. The number of amides is 1. The predicted octanol–water partition coefficient (Wildman–Crippen LogP) is 4.40. The van der Waals surface area contributed by atoms with E-state index in [4.69, 9.17) is 0 Å². The molecule has 2 aromatic heterocycles. The monoisotopic (exact) mass is 434 g/mol. The van der Waals surface area contributed by atoms with E-state index in [1.807, 2.05) is 24.3 Å². The zero-order chi connectivity index (χ0) is 21.0. The lowest BCUT2D eigenvalue weighted by atomic mass is 10.1. The van der Waals surface area contributed by atoms with Gasteiger partial charge < -0.3 is 10.2 Å². The first kappa shape index (κ1) is 20.1. The zero-order valence-corrected chi connectivity index (χ0v) is 18.2. The molecule has 1 saturated heterocycles. The quantitative estimate of drug-likeness (QED) is 0.556. The first-order valence-corrected chi connectivity index (χ1v) is 11.9. The van der Waals surface area contributed by atoms with Gasteiger partial charge in [0.15, 0.2) is 11.0 Å². The van der Waals surface area contributed by atoms with Crippen LogP contribution >= 0.6 is 11.8 Å². The Hall–Kier alpha value is -2.87. The van der Waals surface area contributed by atoms with Gasteiger partial charge in [-0.15, -0.1) is 10.2 Å². The Kier molecular flexibility index (Phi) is 5.88. The van der Waals surface area contributed by atoms with Crippen LogP contribution in [0.15, 0.2) is 53.9 Å². The van der Waals surface area contributed by atoms with Crippen molar-refractivity contribution in [2.45, 2.75) is 43.3 Å². The fourth-order valence-corrected chi connectivity index (χ4v) is 4.77. The number of piperidine rings is 1. The highest BCUT2D eigenvalue weighted by atomic mass is 32.2. The number of thioether (sulfide) groups is 1. The van der Waals surface area contributed by atoms with E-state index in [0.29, 0.717) is 11.8 Å². The molecule has 0 spiro atoms. The van der Waals surface area contributed by atoms with Gasteiger partial charge in [-0.1, -0.05) is 11.8 Å². The maximum absolute atomic E-state index is 12.5. The van der Waals surface area contributed by atoms with Crippen molar-refractivity contribution < 1.29 is 4.79 Å². The lowest BCUT2D eigenvalue weighted by Crippen LogP contribution is -2.29. The second-order valence-corrected chi connectivity index (χ2v) is 9.02. The van der Waals surface area contributed by atoms with Crippen LogP contribution in [0.4, 0.5) is 11.4 Å². The van der Waals surface area contributed by atoms with E-state index in [0.717, 1.165) is 48.2 Å². The van der Waals surface area contributed by atoms with E-state index in [2.05, 4.69) is 42.1 Å². The summed E-state index contributed by atoms with van der Waals surface area (Å²) in [6.45, 7) is 2.23. The molecule has 1 aliphatic heterocycles. The summed E-state index contributed by atoms with van der Waals surface area (Å²) >= 11 is 1.43. The van der Waals surface area contributed by atoms with E-state index in [-0.39, 0.29) is 5.91 Å². The number of nitrogens with one attached hydrogen (secondary N) is 1. The van der Waals surface area contributed by atoms with E-state index in [1.54, 1.807) is 12.4 Å². The largest absolute Gasteiger partial charge is 0.372 e. The third kappa shape index (κ3) is 4.74. The minimum Gasteiger partial charge on any atom is -0.372 e.